The number of rotatable bonds is 6. The third-order valence-corrected chi connectivity index (χ3v) is 4.82. The van der Waals surface area contributed by atoms with Crippen molar-refractivity contribution in [3.05, 3.63) is 102 Å². The number of para-hydroxylation sites is 1. The summed E-state index contributed by atoms with van der Waals surface area (Å²) < 4.78 is 7.00. The molecular weight excluding hydrogens is 388 g/mol. The van der Waals surface area contributed by atoms with Crippen LogP contribution in [0.5, 0.6) is 0 Å². The average molecular weight is 408 g/mol. The molecule has 0 radical (unpaired) electrons. The highest BCUT2D eigenvalue weighted by atomic mass is 16.3. The number of amides is 1. The maximum Gasteiger partial charge on any atom is 0.262 e. The molecule has 1 amide bonds. The summed E-state index contributed by atoms with van der Waals surface area (Å²) in [5.74, 6) is 0.143. The van der Waals surface area contributed by atoms with Gasteiger partial charge in [-0.1, -0.05) is 48.5 Å². The summed E-state index contributed by atoms with van der Waals surface area (Å²) >= 11 is 0. The van der Waals surface area contributed by atoms with Crippen LogP contribution >= 0.6 is 0 Å². The molecule has 0 unspecified atom stereocenters. The fraction of sp³-hybridized carbons (Fsp3) is 0.0800. The van der Waals surface area contributed by atoms with Crippen molar-refractivity contribution >= 4 is 12.0 Å². The minimum Gasteiger partial charge on any atom is -0.467 e. The van der Waals surface area contributed by atoms with Gasteiger partial charge >= 0.3 is 0 Å². The van der Waals surface area contributed by atoms with Crippen LogP contribution in [0.2, 0.25) is 0 Å². The van der Waals surface area contributed by atoms with Crippen molar-refractivity contribution in [2.45, 2.75) is 13.5 Å². The Labute approximate surface area is 180 Å². The standard InChI is InChI=1S/C25H20N4O2/c1-18-8-5-6-12-23(18)29-17-21(24(28-29)19-9-3-2-4-10-19)14-20(15-26)25(30)27-16-22-11-7-13-31-22/h2-14,17H,16H2,1H3,(H,27,30)/b20-14+. The molecule has 2 heterocycles. The number of furan rings is 1. The van der Waals surface area contributed by atoms with Gasteiger partial charge in [0.15, 0.2) is 0 Å². The van der Waals surface area contributed by atoms with Gasteiger partial charge in [0.05, 0.1) is 24.2 Å². The van der Waals surface area contributed by atoms with Crippen molar-refractivity contribution in [1.29, 1.82) is 5.26 Å². The van der Waals surface area contributed by atoms with E-state index in [0.29, 0.717) is 17.0 Å². The first-order valence-electron chi connectivity index (χ1n) is 9.79. The van der Waals surface area contributed by atoms with Crippen LogP contribution in [0.1, 0.15) is 16.9 Å². The number of nitrogens with one attached hydrogen (secondary N) is 1. The first-order chi connectivity index (χ1) is 15.2. The Morgan fingerprint density at radius 2 is 1.90 bits per heavy atom. The fourth-order valence-electron chi connectivity index (χ4n) is 3.24. The Morgan fingerprint density at radius 1 is 1.13 bits per heavy atom. The van der Waals surface area contributed by atoms with E-state index in [4.69, 9.17) is 9.52 Å². The number of carbonyl (C=O) groups is 1. The Balaban J connectivity index is 1.72. The Bertz CT molecular complexity index is 1260. The second-order valence-corrected chi connectivity index (χ2v) is 6.96. The molecule has 152 valence electrons. The smallest absolute Gasteiger partial charge is 0.262 e. The van der Waals surface area contributed by atoms with Gasteiger partial charge in [-0.05, 0) is 36.8 Å². The molecule has 0 saturated heterocycles. The highest BCUT2D eigenvalue weighted by Gasteiger charge is 2.15. The lowest BCUT2D eigenvalue weighted by Gasteiger charge is -2.04. The molecule has 0 atom stereocenters. The zero-order chi connectivity index (χ0) is 21.6. The number of hydrogen-bond donors (Lipinski definition) is 1. The molecular formula is C25H20N4O2. The summed E-state index contributed by atoms with van der Waals surface area (Å²) in [6, 6.07) is 23.1. The highest BCUT2D eigenvalue weighted by Crippen LogP contribution is 2.26. The van der Waals surface area contributed by atoms with E-state index in [9.17, 15) is 10.1 Å². The van der Waals surface area contributed by atoms with Gasteiger partial charge in [0, 0.05) is 17.3 Å². The van der Waals surface area contributed by atoms with Crippen molar-refractivity contribution in [1.82, 2.24) is 15.1 Å². The zero-order valence-electron chi connectivity index (χ0n) is 16.9. The van der Waals surface area contributed by atoms with E-state index in [-0.39, 0.29) is 12.1 Å². The Morgan fingerprint density at radius 3 is 2.61 bits per heavy atom. The van der Waals surface area contributed by atoms with E-state index in [1.54, 1.807) is 22.9 Å². The number of benzene rings is 2. The second-order valence-electron chi connectivity index (χ2n) is 6.96. The average Bonchev–Trinajstić information content (AvgIpc) is 3.47. The molecule has 0 bridgehead atoms. The third kappa shape index (κ3) is 4.46. The van der Waals surface area contributed by atoms with Crippen molar-refractivity contribution in [2.24, 2.45) is 0 Å². The van der Waals surface area contributed by atoms with E-state index in [0.717, 1.165) is 16.8 Å². The predicted molar refractivity (Wildman–Crippen MR) is 118 cm³/mol. The molecule has 2 aromatic carbocycles. The topological polar surface area (TPSA) is 83.9 Å². The van der Waals surface area contributed by atoms with Crippen LogP contribution in [0.3, 0.4) is 0 Å². The predicted octanol–water partition coefficient (Wildman–Crippen LogP) is 4.66. The summed E-state index contributed by atoms with van der Waals surface area (Å²) in [5.41, 5.74) is 4.26. The van der Waals surface area contributed by atoms with Crippen LogP contribution < -0.4 is 5.32 Å². The lowest BCUT2D eigenvalue weighted by atomic mass is 10.1. The van der Waals surface area contributed by atoms with Crippen molar-refractivity contribution in [3.63, 3.8) is 0 Å². The van der Waals surface area contributed by atoms with E-state index in [1.165, 1.54) is 6.26 Å². The van der Waals surface area contributed by atoms with E-state index >= 15 is 0 Å². The minimum atomic E-state index is -0.471. The molecule has 0 saturated carbocycles. The first kappa shape index (κ1) is 19.9. The zero-order valence-corrected chi connectivity index (χ0v) is 16.9. The molecule has 31 heavy (non-hydrogen) atoms. The van der Waals surface area contributed by atoms with E-state index < -0.39 is 5.91 Å². The number of aryl methyl sites for hydroxylation is 1. The van der Waals surface area contributed by atoms with Gasteiger partial charge in [-0.2, -0.15) is 10.4 Å². The molecule has 6 nitrogen and oxygen atoms in total. The van der Waals surface area contributed by atoms with Gasteiger partial charge in [0.25, 0.3) is 5.91 Å². The fourth-order valence-corrected chi connectivity index (χ4v) is 3.24. The molecule has 0 fully saturated rings. The summed E-state index contributed by atoms with van der Waals surface area (Å²) in [6.45, 7) is 2.22. The van der Waals surface area contributed by atoms with Crippen LogP contribution in [0, 0.1) is 18.3 Å². The van der Waals surface area contributed by atoms with E-state index in [2.05, 4.69) is 5.32 Å². The number of aromatic nitrogens is 2. The van der Waals surface area contributed by atoms with Crippen molar-refractivity contribution < 1.29 is 9.21 Å². The maximum atomic E-state index is 12.6. The summed E-state index contributed by atoms with van der Waals surface area (Å²) in [7, 11) is 0. The van der Waals surface area contributed by atoms with Crippen molar-refractivity contribution in [3.8, 4) is 23.0 Å². The number of hydrogen-bond acceptors (Lipinski definition) is 4. The number of nitriles is 1. The molecule has 4 rings (SSSR count). The number of nitrogens with zero attached hydrogens (tertiary/aromatic N) is 3. The molecule has 0 aliphatic carbocycles. The van der Waals surface area contributed by atoms with Crippen LogP contribution in [0.15, 0.2) is 89.2 Å². The monoisotopic (exact) mass is 408 g/mol. The first-order valence-corrected chi connectivity index (χ1v) is 9.79. The third-order valence-electron chi connectivity index (χ3n) is 4.82. The molecule has 0 aliphatic heterocycles. The van der Waals surface area contributed by atoms with Gasteiger partial charge in [-0.3, -0.25) is 4.79 Å². The van der Waals surface area contributed by atoms with Gasteiger partial charge in [0.2, 0.25) is 0 Å². The molecule has 4 aromatic rings. The highest BCUT2D eigenvalue weighted by molar-refractivity contribution is 6.02. The summed E-state index contributed by atoms with van der Waals surface area (Å²) in [6.07, 6.45) is 4.94. The molecule has 6 heteroatoms. The maximum absolute atomic E-state index is 12.6. The van der Waals surface area contributed by atoms with Gasteiger partial charge in [-0.25, -0.2) is 4.68 Å². The molecule has 2 aromatic heterocycles. The van der Waals surface area contributed by atoms with Crippen LogP contribution in [-0.4, -0.2) is 15.7 Å². The summed E-state index contributed by atoms with van der Waals surface area (Å²) in [5, 5.41) is 17.1. The number of carbonyl (C=O) groups excluding carboxylic acids is 1. The Hall–Kier alpha value is -4.37. The quantitative estimate of drug-likeness (QED) is 0.371. The molecule has 1 N–H and O–H groups in total. The van der Waals surface area contributed by atoms with Crippen LogP contribution in [0.25, 0.3) is 23.0 Å². The Kier molecular flexibility index (Phi) is 5.77. The lowest BCUT2D eigenvalue weighted by Crippen LogP contribution is -2.23. The normalized spacial score (nSPS) is 11.2. The van der Waals surface area contributed by atoms with Gasteiger partial charge in [0.1, 0.15) is 17.4 Å². The van der Waals surface area contributed by atoms with E-state index in [1.807, 2.05) is 73.8 Å². The molecule has 0 spiro atoms. The lowest BCUT2D eigenvalue weighted by molar-refractivity contribution is -0.117. The second kappa shape index (κ2) is 8.97. The SMILES string of the molecule is Cc1ccccc1-n1cc(/C=C(\C#N)C(=O)NCc2ccco2)c(-c2ccccc2)n1. The largest absolute Gasteiger partial charge is 0.467 e. The van der Waals surface area contributed by atoms with Gasteiger partial charge in [-0.15, -0.1) is 0 Å². The van der Waals surface area contributed by atoms with Gasteiger partial charge < -0.3 is 9.73 Å². The molecule has 0 aliphatic rings. The minimum absolute atomic E-state index is 0.00642. The van der Waals surface area contributed by atoms with Crippen LogP contribution in [-0.2, 0) is 11.3 Å². The summed E-state index contributed by atoms with van der Waals surface area (Å²) in [4.78, 5) is 12.6. The van der Waals surface area contributed by atoms with Crippen LogP contribution in [0.4, 0.5) is 0 Å². The van der Waals surface area contributed by atoms with Crippen molar-refractivity contribution in [2.75, 3.05) is 0 Å².